The molecule has 0 aliphatic carbocycles. The van der Waals surface area contributed by atoms with Crippen molar-refractivity contribution in [3.05, 3.63) is 30.1 Å². The van der Waals surface area contributed by atoms with E-state index in [1.54, 1.807) is 0 Å². The van der Waals surface area contributed by atoms with Gasteiger partial charge in [0.1, 0.15) is 5.82 Å². The fourth-order valence-electron chi connectivity index (χ4n) is 2.44. The fourth-order valence-corrected chi connectivity index (χ4v) is 2.44. The van der Waals surface area contributed by atoms with Gasteiger partial charge in [0.15, 0.2) is 0 Å². The van der Waals surface area contributed by atoms with Crippen molar-refractivity contribution < 1.29 is 0 Å². The maximum Gasteiger partial charge on any atom is 0.125 e. The molecule has 2 unspecified atom stereocenters. The van der Waals surface area contributed by atoms with E-state index in [0.29, 0.717) is 6.04 Å². The molecule has 2 aromatic rings. The van der Waals surface area contributed by atoms with Gasteiger partial charge in [-0.05, 0) is 24.0 Å². The second-order valence-electron chi connectivity index (χ2n) is 6.13. The van der Waals surface area contributed by atoms with E-state index in [0.717, 1.165) is 23.3 Å². The minimum Gasteiger partial charge on any atom is -0.341 e. The molecule has 1 aromatic carbocycles. The van der Waals surface area contributed by atoms with E-state index in [1.165, 1.54) is 0 Å². The molecule has 18 heavy (non-hydrogen) atoms. The summed E-state index contributed by atoms with van der Waals surface area (Å²) in [7, 11) is 0. The van der Waals surface area contributed by atoms with E-state index in [1.807, 2.05) is 18.2 Å². The van der Waals surface area contributed by atoms with Crippen molar-refractivity contribution >= 4 is 11.0 Å². The van der Waals surface area contributed by atoms with Crippen LogP contribution in [0.4, 0.5) is 0 Å². The highest BCUT2D eigenvalue weighted by molar-refractivity contribution is 5.74. The SMILES string of the molecule is CC(C)(C)C1CC(c2nc3ccccc3[nH]2)NN1. The predicted octanol–water partition coefficient (Wildman–Crippen LogP) is 2.52. The Balaban J connectivity index is 1.84. The maximum atomic E-state index is 4.65. The van der Waals surface area contributed by atoms with Crippen LogP contribution in [0.5, 0.6) is 0 Å². The minimum absolute atomic E-state index is 0.258. The fraction of sp³-hybridized carbons (Fsp3) is 0.500. The zero-order valence-corrected chi connectivity index (χ0v) is 11.1. The highest BCUT2D eigenvalue weighted by atomic mass is 15.4. The van der Waals surface area contributed by atoms with Gasteiger partial charge in [-0.1, -0.05) is 32.9 Å². The van der Waals surface area contributed by atoms with Crippen LogP contribution in [0.1, 0.15) is 39.1 Å². The molecule has 0 saturated carbocycles. The molecule has 2 heterocycles. The average molecular weight is 244 g/mol. The van der Waals surface area contributed by atoms with Crippen molar-refractivity contribution in [3.8, 4) is 0 Å². The normalized spacial score (nSPS) is 24.8. The second-order valence-corrected chi connectivity index (χ2v) is 6.13. The van der Waals surface area contributed by atoms with Crippen LogP contribution < -0.4 is 10.9 Å². The molecule has 1 aromatic heterocycles. The summed E-state index contributed by atoms with van der Waals surface area (Å²) < 4.78 is 0. The topological polar surface area (TPSA) is 52.7 Å². The molecule has 96 valence electrons. The summed E-state index contributed by atoms with van der Waals surface area (Å²) in [6, 6.07) is 8.89. The number of fused-ring (bicyclic) bond motifs is 1. The second kappa shape index (κ2) is 4.07. The number of hydrazine groups is 1. The van der Waals surface area contributed by atoms with Crippen LogP contribution in [0.3, 0.4) is 0 Å². The Morgan fingerprint density at radius 1 is 1.17 bits per heavy atom. The standard InChI is InChI=1S/C14H20N4/c1-14(2,3)12-8-11(17-18-12)13-15-9-6-4-5-7-10(9)16-13/h4-7,11-12,17-18H,8H2,1-3H3,(H,15,16). The van der Waals surface area contributed by atoms with Gasteiger partial charge < -0.3 is 4.98 Å². The van der Waals surface area contributed by atoms with Gasteiger partial charge in [-0.25, -0.2) is 10.4 Å². The quantitative estimate of drug-likeness (QED) is 0.722. The Morgan fingerprint density at radius 2 is 1.94 bits per heavy atom. The molecule has 4 nitrogen and oxygen atoms in total. The van der Waals surface area contributed by atoms with Gasteiger partial charge in [0.05, 0.1) is 17.1 Å². The van der Waals surface area contributed by atoms with E-state index in [4.69, 9.17) is 0 Å². The molecule has 2 atom stereocenters. The first-order chi connectivity index (χ1) is 8.54. The number of nitrogens with zero attached hydrogens (tertiary/aromatic N) is 1. The molecule has 1 saturated heterocycles. The lowest BCUT2D eigenvalue weighted by Gasteiger charge is -2.25. The lowest BCUT2D eigenvalue weighted by Crippen LogP contribution is -2.39. The van der Waals surface area contributed by atoms with Crippen molar-refractivity contribution in [2.75, 3.05) is 0 Å². The van der Waals surface area contributed by atoms with Crippen LogP contribution in [0, 0.1) is 5.41 Å². The number of hydrogen-bond acceptors (Lipinski definition) is 3. The number of benzene rings is 1. The van der Waals surface area contributed by atoms with E-state index in [9.17, 15) is 0 Å². The molecular formula is C14H20N4. The zero-order chi connectivity index (χ0) is 12.8. The van der Waals surface area contributed by atoms with Crippen LogP contribution in [0.2, 0.25) is 0 Å². The third-order valence-electron chi connectivity index (χ3n) is 3.69. The van der Waals surface area contributed by atoms with Gasteiger partial charge in [-0.15, -0.1) is 0 Å². The highest BCUT2D eigenvalue weighted by Gasteiger charge is 2.34. The third-order valence-corrected chi connectivity index (χ3v) is 3.69. The van der Waals surface area contributed by atoms with E-state index >= 15 is 0 Å². The van der Waals surface area contributed by atoms with Gasteiger partial charge in [-0.3, -0.25) is 5.43 Å². The lowest BCUT2D eigenvalue weighted by molar-refractivity contribution is 0.286. The van der Waals surface area contributed by atoms with Crippen LogP contribution in [0.25, 0.3) is 11.0 Å². The van der Waals surface area contributed by atoms with E-state index < -0.39 is 0 Å². The first-order valence-electron chi connectivity index (χ1n) is 6.50. The molecule has 3 rings (SSSR count). The molecule has 3 N–H and O–H groups in total. The monoisotopic (exact) mass is 244 g/mol. The molecular weight excluding hydrogens is 224 g/mol. The van der Waals surface area contributed by atoms with Gasteiger partial charge >= 0.3 is 0 Å². The number of hydrogen-bond donors (Lipinski definition) is 3. The Labute approximate surface area is 107 Å². The van der Waals surface area contributed by atoms with Crippen LogP contribution in [-0.4, -0.2) is 16.0 Å². The van der Waals surface area contributed by atoms with Crippen molar-refractivity contribution in [1.82, 2.24) is 20.8 Å². The Hall–Kier alpha value is -1.39. The molecule has 0 spiro atoms. The molecule has 0 amide bonds. The van der Waals surface area contributed by atoms with E-state index in [-0.39, 0.29) is 11.5 Å². The van der Waals surface area contributed by atoms with Crippen molar-refractivity contribution in [2.45, 2.75) is 39.3 Å². The summed E-state index contributed by atoms with van der Waals surface area (Å²) in [6.07, 6.45) is 1.06. The van der Waals surface area contributed by atoms with Crippen LogP contribution in [-0.2, 0) is 0 Å². The molecule has 0 radical (unpaired) electrons. The Morgan fingerprint density at radius 3 is 2.61 bits per heavy atom. The molecule has 1 fully saturated rings. The first kappa shape index (κ1) is 11.7. The zero-order valence-electron chi connectivity index (χ0n) is 11.1. The summed E-state index contributed by atoms with van der Waals surface area (Å²) in [6.45, 7) is 6.77. The third kappa shape index (κ3) is 2.02. The summed E-state index contributed by atoms with van der Waals surface area (Å²) in [5.41, 5.74) is 9.12. The number of H-pyrrole nitrogens is 1. The van der Waals surface area contributed by atoms with Crippen molar-refractivity contribution in [1.29, 1.82) is 0 Å². The Kier molecular flexibility index (Phi) is 2.64. The number of para-hydroxylation sites is 2. The number of aromatic amines is 1. The van der Waals surface area contributed by atoms with Crippen molar-refractivity contribution in [3.63, 3.8) is 0 Å². The van der Waals surface area contributed by atoms with Gasteiger partial charge in [0.2, 0.25) is 0 Å². The summed E-state index contributed by atoms with van der Waals surface area (Å²) in [5.74, 6) is 1.02. The summed E-state index contributed by atoms with van der Waals surface area (Å²) in [4.78, 5) is 8.05. The molecule has 1 aliphatic heterocycles. The minimum atomic E-state index is 0.258. The van der Waals surface area contributed by atoms with Gasteiger partial charge in [0.25, 0.3) is 0 Å². The van der Waals surface area contributed by atoms with Crippen LogP contribution in [0.15, 0.2) is 24.3 Å². The first-order valence-corrected chi connectivity index (χ1v) is 6.50. The van der Waals surface area contributed by atoms with E-state index in [2.05, 4.69) is 47.7 Å². The van der Waals surface area contributed by atoms with Crippen molar-refractivity contribution in [2.24, 2.45) is 5.41 Å². The number of imidazole rings is 1. The molecule has 0 bridgehead atoms. The lowest BCUT2D eigenvalue weighted by atomic mass is 9.84. The Bertz CT molecular complexity index is 519. The smallest absolute Gasteiger partial charge is 0.125 e. The number of aromatic nitrogens is 2. The number of nitrogens with one attached hydrogen (secondary N) is 3. The highest BCUT2D eigenvalue weighted by Crippen LogP contribution is 2.31. The largest absolute Gasteiger partial charge is 0.341 e. The predicted molar refractivity (Wildman–Crippen MR) is 73.0 cm³/mol. The number of rotatable bonds is 1. The molecule has 1 aliphatic rings. The summed E-state index contributed by atoms with van der Waals surface area (Å²) in [5, 5.41) is 0. The van der Waals surface area contributed by atoms with Crippen LogP contribution >= 0.6 is 0 Å². The van der Waals surface area contributed by atoms with Gasteiger partial charge in [-0.2, -0.15) is 0 Å². The van der Waals surface area contributed by atoms with Gasteiger partial charge in [0, 0.05) is 6.04 Å². The molecule has 4 heteroatoms. The average Bonchev–Trinajstić information content (AvgIpc) is 2.94. The summed E-state index contributed by atoms with van der Waals surface area (Å²) >= 11 is 0. The maximum absolute atomic E-state index is 4.65.